The fourth-order valence-corrected chi connectivity index (χ4v) is 8.10. The largest absolute Gasteiger partial charge is 0.508 e. The molecule has 8 aromatic rings. The number of phenolic OH excluding ortho intramolecular Hbond substituents is 2. The molecule has 8 aromatic carbocycles. The summed E-state index contributed by atoms with van der Waals surface area (Å²) in [5.41, 5.74) is 4.73. The number of fused-ring (bicyclic) bond motifs is 2. The van der Waals surface area contributed by atoms with Crippen molar-refractivity contribution in [2.75, 3.05) is 45.1 Å². The highest BCUT2D eigenvalue weighted by atomic mass is 32.2. The maximum Gasteiger partial charge on any atom is 0.264 e. The van der Waals surface area contributed by atoms with E-state index < -0.39 is 21.8 Å². The predicted molar refractivity (Wildman–Crippen MR) is 288 cm³/mol. The molecule has 0 saturated carbocycles. The topological polar surface area (TPSA) is 269 Å². The number of aromatic hydroxyl groups is 2. The number of anilines is 1. The molecule has 1 amide bonds. The van der Waals surface area contributed by atoms with Crippen molar-refractivity contribution in [3.05, 3.63) is 145 Å². The van der Waals surface area contributed by atoms with Gasteiger partial charge in [-0.25, -0.2) is 0 Å². The fourth-order valence-electron chi connectivity index (χ4n) is 7.61. The summed E-state index contributed by atoms with van der Waals surface area (Å²) in [5, 5.41) is 61.7. The SMILES string of the molecule is CCOc1cc(N=Nc2ccc(C(=O)Nc3ccc4cccc(OCCCS(=O)(=O)O)c4c3)cc2OC)c(OCC)cc1N=Nc1cc(OC)c(N=Nc2ccc3cc(N=Nc4ccc(O)cc4)ccc3c2O)cc1C. The van der Waals surface area contributed by atoms with E-state index in [-0.39, 0.29) is 41.5 Å². The van der Waals surface area contributed by atoms with Crippen molar-refractivity contribution in [1.82, 2.24) is 0 Å². The van der Waals surface area contributed by atoms with Crippen LogP contribution in [-0.4, -0.2) is 68.9 Å². The summed E-state index contributed by atoms with van der Waals surface area (Å²) >= 11 is 0. The van der Waals surface area contributed by atoms with Crippen LogP contribution < -0.4 is 29.0 Å². The van der Waals surface area contributed by atoms with Crippen molar-refractivity contribution in [3.63, 3.8) is 0 Å². The number of nitrogens with zero attached hydrogens (tertiary/aromatic N) is 8. The van der Waals surface area contributed by atoms with Gasteiger partial charge in [-0.3, -0.25) is 9.35 Å². The quantitative estimate of drug-likeness (QED) is 0.0298. The zero-order valence-corrected chi connectivity index (χ0v) is 42.6. The number of methoxy groups -OCH3 is 2. The van der Waals surface area contributed by atoms with Crippen LogP contribution >= 0.6 is 0 Å². The Morgan fingerprint density at radius 2 is 1.13 bits per heavy atom. The minimum Gasteiger partial charge on any atom is -0.508 e. The molecule has 8 rings (SSSR count). The molecule has 0 unspecified atom stereocenters. The normalized spacial score (nSPS) is 11.9. The van der Waals surface area contributed by atoms with Crippen molar-refractivity contribution in [1.29, 1.82) is 0 Å². The Balaban J connectivity index is 0.971. The van der Waals surface area contributed by atoms with Crippen LogP contribution in [0.15, 0.2) is 174 Å². The van der Waals surface area contributed by atoms with Crippen molar-refractivity contribution in [3.8, 4) is 40.2 Å². The first-order valence-corrected chi connectivity index (χ1v) is 25.3. The molecule has 0 radical (unpaired) electrons. The second kappa shape index (κ2) is 24.1. The number of ether oxygens (including phenoxy) is 5. The molecular weight excluding hydrogens is 995 g/mol. The Morgan fingerprint density at radius 3 is 1.82 bits per heavy atom. The van der Waals surface area contributed by atoms with Crippen LogP contribution in [-0.2, 0) is 10.1 Å². The number of hydrogen-bond acceptors (Lipinski definition) is 18. The first kappa shape index (κ1) is 53.0. The van der Waals surface area contributed by atoms with Gasteiger partial charge >= 0.3 is 0 Å². The summed E-state index contributed by atoms with van der Waals surface area (Å²) in [5.74, 6) is 1.05. The lowest BCUT2D eigenvalue weighted by Crippen LogP contribution is -2.12. The third kappa shape index (κ3) is 13.2. The molecule has 388 valence electrons. The first-order valence-electron chi connectivity index (χ1n) is 23.7. The lowest BCUT2D eigenvalue weighted by molar-refractivity contribution is 0.102. The number of benzene rings is 8. The summed E-state index contributed by atoms with van der Waals surface area (Å²) in [6, 6.07) is 37.2. The Morgan fingerprint density at radius 1 is 0.539 bits per heavy atom. The maximum atomic E-state index is 13.5. The van der Waals surface area contributed by atoms with Gasteiger partial charge in [0.1, 0.15) is 62.9 Å². The molecule has 21 heteroatoms. The molecule has 0 bridgehead atoms. The maximum absolute atomic E-state index is 13.5. The Kier molecular flexibility index (Phi) is 16.8. The molecule has 20 nitrogen and oxygen atoms in total. The van der Waals surface area contributed by atoms with Gasteiger partial charge in [0, 0.05) is 40.2 Å². The van der Waals surface area contributed by atoms with Gasteiger partial charge in [-0.1, -0.05) is 24.3 Å². The smallest absolute Gasteiger partial charge is 0.264 e. The molecule has 0 fully saturated rings. The summed E-state index contributed by atoms with van der Waals surface area (Å²) in [7, 11) is -1.16. The lowest BCUT2D eigenvalue weighted by atomic mass is 10.1. The molecule has 0 aliphatic carbocycles. The van der Waals surface area contributed by atoms with Crippen molar-refractivity contribution < 1.29 is 51.7 Å². The van der Waals surface area contributed by atoms with Crippen LogP contribution in [0.4, 0.5) is 51.2 Å². The Bertz CT molecular complexity index is 3680. The van der Waals surface area contributed by atoms with E-state index in [4.69, 9.17) is 28.2 Å². The second-order valence-electron chi connectivity index (χ2n) is 16.6. The molecule has 0 heterocycles. The number of hydrogen-bond donors (Lipinski definition) is 4. The average Bonchev–Trinajstić information content (AvgIpc) is 3.41. The standard InChI is InChI=1S/C55H51N9O11S/c1-6-73-52-32-48(64-61-45-30-51(72-5)46(26-33(45)3)62-60-44-23-13-35-27-39(18-21-41(35)54(44)66)58-57-37-16-19-40(65)20-17-37)53(74-7-2)31-47(52)63-59-43-22-14-36(28-50(43)71-4)55(67)56-38-15-12-34-10-8-11-49(42(34)29-38)75-24-9-25-76(68,69)70/h8,10-23,26-32,65-66H,6-7,9,24-25H2,1-5H3,(H,56,67)(H,68,69,70). The molecule has 0 aliphatic rings. The van der Waals surface area contributed by atoms with E-state index in [9.17, 15) is 23.4 Å². The number of azo groups is 4. The van der Waals surface area contributed by atoms with Gasteiger partial charge in [-0.15, -0.1) is 25.6 Å². The van der Waals surface area contributed by atoms with Crippen LogP contribution in [0.5, 0.6) is 40.2 Å². The summed E-state index contributed by atoms with van der Waals surface area (Å²) in [6.07, 6.45) is 0.101. The molecule has 76 heavy (non-hydrogen) atoms. The van der Waals surface area contributed by atoms with E-state index in [2.05, 4.69) is 46.2 Å². The van der Waals surface area contributed by atoms with Crippen LogP contribution in [0.3, 0.4) is 0 Å². The van der Waals surface area contributed by atoms with Gasteiger partial charge in [0.25, 0.3) is 16.0 Å². The number of rotatable bonds is 21. The second-order valence-corrected chi connectivity index (χ2v) is 18.2. The zero-order chi connectivity index (χ0) is 53.8. The van der Waals surface area contributed by atoms with Crippen molar-refractivity contribution in [2.24, 2.45) is 40.9 Å². The third-order valence-corrected chi connectivity index (χ3v) is 12.2. The lowest BCUT2D eigenvalue weighted by Gasteiger charge is -2.13. The van der Waals surface area contributed by atoms with Gasteiger partial charge in [0.15, 0.2) is 5.75 Å². The Hall–Kier alpha value is -9.34. The molecule has 0 saturated heterocycles. The van der Waals surface area contributed by atoms with Crippen LogP contribution in [0.2, 0.25) is 0 Å². The van der Waals surface area contributed by atoms with Gasteiger partial charge in [-0.2, -0.15) is 23.8 Å². The van der Waals surface area contributed by atoms with E-state index >= 15 is 0 Å². The number of amides is 1. The van der Waals surface area contributed by atoms with Crippen molar-refractivity contribution >= 4 is 88.8 Å². The van der Waals surface area contributed by atoms with Gasteiger partial charge in [0.2, 0.25) is 0 Å². The number of phenols is 2. The minimum atomic E-state index is -4.11. The predicted octanol–water partition coefficient (Wildman–Crippen LogP) is 15.1. The first-order chi connectivity index (χ1) is 36.7. The number of aryl methyl sites for hydroxylation is 1. The van der Waals surface area contributed by atoms with E-state index in [1.807, 2.05) is 32.9 Å². The third-order valence-electron chi connectivity index (χ3n) is 11.4. The Labute approximate surface area is 436 Å². The van der Waals surface area contributed by atoms with E-state index in [0.717, 1.165) is 10.8 Å². The molecular formula is C55H51N9O11S. The molecule has 0 atom stereocenters. The van der Waals surface area contributed by atoms with Crippen molar-refractivity contribution in [2.45, 2.75) is 27.2 Å². The number of carbonyl (C=O) groups is 1. The van der Waals surface area contributed by atoms with Crippen LogP contribution in [0.1, 0.15) is 36.2 Å². The van der Waals surface area contributed by atoms with E-state index in [0.29, 0.717) is 98.0 Å². The van der Waals surface area contributed by atoms with Gasteiger partial charge < -0.3 is 39.2 Å². The summed E-state index contributed by atoms with van der Waals surface area (Å²) < 4.78 is 60.4. The van der Waals surface area contributed by atoms with E-state index in [1.54, 1.807) is 109 Å². The van der Waals surface area contributed by atoms with E-state index in [1.165, 1.54) is 26.4 Å². The molecule has 0 spiro atoms. The van der Waals surface area contributed by atoms with Crippen LogP contribution in [0.25, 0.3) is 21.5 Å². The summed E-state index contributed by atoms with van der Waals surface area (Å²) in [6.45, 7) is 6.15. The number of nitrogens with one attached hydrogen (secondary N) is 1. The monoisotopic (exact) mass is 1050 g/mol. The minimum absolute atomic E-state index is 0.0645. The zero-order valence-electron chi connectivity index (χ0n) is 41.8. The molecule has 0 aromatic heterocycles. The highest BCUT2D eigenvalue weighted by Crippen LogP contribution is 2.44. The molecule has 0 aliphatic heterocycles. The highest BCUT2D eigenvalue weighted by molar-refractivity contribution is 7.85. The molecule has 4 N–H and O–H groups in total. The van der Waals surface area contributed by atoms with Gasteiger partial charge in [-0.05, 0) is 135 Å². The van der Waals surface area contributed by atoms with Gasteiger partial charge in [0.05, 0.1) is 56.9 Å². The summed E-state index contributed by atoms with van der Waals surface area (Å²) in [4.78, 5) is 13.5. The van der Waals surface area contributed by atoms with Crippen LogP contribution in [0, 0.1) is 6.92 Å². The fraction of sp³-hybridized carbons (Fsp3) is 0.182. The average molecular weight is 1050 g/mol. The number of carbonyl (C=O) groups excluding carboxylic acids is 1. The highest BCUT2D eigenvalue weighted by Gasteiger charge is 2.17.